The van der Waals surface area contributed by atoms with Gasteiger partial charge in [-0.2, -0.15) is 0 Å². The number of morpholine rings is 1. The predicted molar refractivity (Wildman–Crippen MR) is 127 cm³/mol. The third kappa shape index (κ3) is 4.82. The summed E-state index contributed by atoms with van der Waals surface area (Å²) in [5.41, 5.74) is 8.86. The van der Waals surface area contributed by atoms with Crippen LogP contribution in [0.4, 0.5) is 11.8 Å². The Labute approximate surface area is 195 Å². The molecule has 13 heteroatoms. The summed E-state index contributed by atoms with van der Waals surface area (Å²) in [5, 5.41) is 0.810. The van der Waals surface area contributed by atoms with Gasteiger partial charge >= 0.3 is 0 Å². The number of nitrogens with two attached hydrogens (primary N) is 1. The van der Waals surface area contributed by atoms with Crippen molar-refractivity contribution in [3.63, 3.8) is 0 Å². The topological polar surface area (TPSA) is 152 Å². The molecule has 1 atom stereocenters. The fourth-order valence-corrected chi connectivity index (χ4v) is 4.65. The fourth-order valence-electron chi connectivity index (χ4n) is 3.42. The van der Waals surface area contributed by atoms with Crippen LogP contribution in [-0.2, 0) is 22.5 Å². The van der Waals surface area contributed by atoms with Gasteiger partial charge in [-0.1, -0.05) is 35.6 Å². The summed E-state index contributed by atoms with van der Waals surface area (Å²) in [6.07, 6.45) is 3.22. The second kappa shape index (κ2) is 9.41. The van der Waals surface area contributed by atoms with Gasteiger partial charge in [0.2, 0.25) is 17.2 Å². The standard InChI is InChI=1S/C20H20N8O3S2/c21-20-22-10-14(11-23-20)16-26-17(28-5-7-31-8-6-28)15-19(27-16)32-18(25-15)13-3-1-12(2-4-13)9-24-33(29)30/h1-4,10-11,24H,5-9H2,(H,29,30)(H2,21,22,23). The number of anilines is 2. The van der Waals surface area contributed by atoms with E-state index in [0.717, 1.165) is 32.3 Å². The molecule has 1 aliphatic rings. The molecule has 0 aliphatic carbocycles. The minimum Gasteiger partial charge on any atom is -0.378 e. The van der Waals surface area contributed by atoms with Crippen molar-refractivity contribution >= 4 is 44.7 Å². The average molecular weight is 485 g/mol. The molecule has 4 N–H and O–H groups in total. The molecule has 1 aromatic carbocycles. The molecule has 4 heterocycles. The van der Waals surface area contributed by atoms with Crippen molar-refractivity contribution in [1.29, 1.82) is 0 Å². The lowest BCUT2D eigenvalue weighted by Gasteiger charge is -2.28. The first-order valence-electron chi connectivity index (χ1n) is 10.1. The molecule has 0 radical (unpaired) electrons. The van der Waals surface area contributed by atoms with Crippen molar-refractivity contribution in [2.45, 2.75) is 6.54 Å². The zero-order valence-corrected chi connectivity index (χ0v) is 19.0. The van der Waals surface area contributed by atoms with Crippen LogP contribution in [0.2, 0.25) is 0 Å². The number of nitrogen functional groups attached to an aromatic ring is 1. The maximum atomic E-state index is 10.8. The number of thiazole rings is 1. The van der Waals surface area contributed by atoms with E-state index in [-0.39, 0.29) is 5.95 Å². The predicted octanol–water partition coefficient (Wildman–Crippen LogP) is 1.86. The van der Waals surface area contributed by atoms with Gasteiger partial charge in [-0.25, -0.2) is 33.9 Å². The van der Waals surface area contributed by atoms with Crippen LogP contribution in [0.15, 0.2) is 36.7 Å². The first kappa shape index (κ1) is 21.7. The van der Waals surface area contributed by atoms with E-state index in [1.54, 1.807) is 12.4 Å². The number of rotatable bonds is 6. The Morgan fingerprint density at radius 2 is 1.82 bits per heavy atom. The molecule has 1 fully saturated rings. The third-order valence-corrected chi connectivity index (χ3v) is 6.47. The SMILES string of the molecule is Nc1ncc(-c2nc(N3CCOCC3)c3nc(-c4ccc(CNS(=O)O)cc4)sc3n2)cn1. The van der Waals surface area contributed by atoms with E-state index in [2.05, 4.69) is 19.6 Å². The van der Waals surface area contributed by atoms with E-state index in [9.17, 15) is 4.21 Å². The van der Waals surface area contributed by atoms with Crippen molar-refractivity contribution in [2.75, 3.05) is 36.9 Å². The number of benzene rings is 1. The zero-order chi connectivity index (χ0) is 22.8. The first-order chi connectivity index (χ1) is 16.1. The Balaban J connectivity index is 1.55. The molecule has 11 nitrogen and oxygen atoms in total. The van der Waals surface area contributed by atoms with Gasteiger partial charge < -0.3 is 15.4 Å². The summed E-state index contributed by atoms with van der Waals surface area (Å²) in [4.78, 5) is 25.5. The summed E-state index contributed by atoms with van der Waals surface area (Å²) in [7, 11) is 0. The molecule has 1 unspecified atom stereocenters. The van der Waals surface area contributed by atoms with Crippen LogP contribution in [0.5, 0.6) is 0 Å². The van der Waals surface area contributed by atoms with Gasteiger partial charge in [-0.15, -0.1) is 0 Å². The average Bonchev–Trinajstić information content (AvgIpc) is 3.28. The minimum absolute atomic E-state index is 0.192. The molecule has 33 heavy (non-hydrogen) atoms. The Morgan fingerprint density at radius 3 is 2.52 bits per heavy atom. The Hall–Kier alpha value is -3.10. The van der Waals surface area contributed by atoms with E-state index in [1.807, 2.05) is 24.3 Å². The Morgan fingerprint density at radius 1 is 1.09 bits per heavy atom. The molecule has 0 bridgehead atoms. The molecule has 0 spiro atoms. The number of ether oxygens (including phenoxy) is 1. The molecule has 3 aromatic heterocycles. The number of aromatic nitrogens is 5. The summed E-state index contributed by atoms with van der Waals surface area (Å²) in [6, 6.07) is 7.66. The van der Waals surface area contributed by atoms with Gasteiger partial charge in [0, 0.05) is 37.6 Å². The highest BCUT2D eigenvalue weighted by Gasteiger charge is 2.21. The number of fused-ring (bicyclic) bond motifs is 1. The van der Waals surface area contributed by atoms with Gasteiger partial charge in [-0.3, -0.25) is 4.55 Å². The molecule has 5 rings (SSSR count). The van der Waals surface area contributed by atoms with Crippen LogP contribution in [0.3, 0.4) is 0 Å². The zero-order valence-electron chi connectivity index (χ0n) is 17.3. The van der Waals surface area contributed by atoms with E-state index in [1.165, 1.54) is 11.3 Å². The highest BCUT2D eigenvalue weighted by atomic mass is 32.2. The molecular weight excluding hydrogens is 464 g/mol. The second-order valence-corrected chi connectivity index (χ2v) is 9.00. The van der Waals surface area contributed by atoms with Gasteiger partial charge in [0.25, 0.3) is 0 Å². The lowest BCUT2D eigenvalue weighted by atomic mass is 10.1. The van der Waals surface area contributed by atoms with Crippen molar-refractivity contribution < 1.29 is 13.5 Å². The van der Waals surface area contributed by atoms with Crippen molar-refractivity contribution in [3.05, 3.63) is 42.2 Å². The Kier molecular flexibility index (Phi) is 6.20. The number of nitrogens with one attached hydrogen (secondary N) is 1. The lowest BCUT2D eigenvalue weighted by molar-refractivity contribution is 0.122. The highest BCUT2D eigenvalue weighted by molar-refractivity contribution is 7.77. The summed E-state index contributed by atoms with van der Waals surface area (Å²) in [5.74, 6) is 1.46. The first-order valence-corrected chi connectivity index (χ1v) is 12.0. The molecule has 170 valence electrons. The van der Waals surface area contributed by atoms with Crippen LogP contribution >= 0.6 is 11.3 Å². The largest absolute Gasteiger partial charge is 0.378 e. The maximum Gasteiger partial charge on any atom is 0.232 e. The highest BCUT2D eigenvalue weighted by Crippen LogP contribution is 2.35. The van der Waals surface area contributed by atoms with Crippen LogP contribution in [0, 0.1) is 0 Å². The van der Waals surface area contributed by atoms with Crippen molar-refractivity contribution in [1.82, 2.24) is 29.6 Å². The Bertz CT molecular complexity index is 1290. The fraction of sp³-hybridized carbons (Fsp3) is 0.250. The van der Waals surface area contributed by atoms with E-state index in [4.69, 9.17) is 30.0 Å². The molecular formula is C20H20N8O3S2. The van der Waals surface area contributed by atoms with E-state index < -0.39 is 11.3 Å². The molecule has 0 saturated carbocycles. The summed E-state index contributed by atoms with van der Waals surface area (Å²) < 4.78 is 27.7. The molecule has 1 aliphatic heterocycles. The monoisotopic (exact) mass is 484 g/mol. The van der Waals surface area contributed by atoms with Crippen molar-refractivity contribution in [2.24, 2.45) is 0 Å². The third-order valence-electron chi connectivity index (χ3n) is 5.08. The second-order valence-electron chi connectivity index (χ2n) is 7.24. The van der Waals surface area contributed by atoms with Crippen LogP contribution < -0.4 is 15.4 Å². The van der Waals surface area contributed by atoms with Crippen LogP contribution in [-0.4, -0.2) is 60.0 Å². The molecule has 0 amide bonds. The smallest absolute Gasteiger partial charge is 0.232 e. The normalized spacial score (nSPS) is 15.1. The van der Waals surface area contributed by atoms with Crippen LogP contribution in [0.25, 0.3) is 32.3 Å². The number of hydrogen-bond donors (Lipinski definition) is 3. The number of nitrogens with zero attached hydrogens (tertiary/aromatic N) is 6. The summed E-state index contributed by atoms with van der Waals surface area (Å²) >= 11 is -0.573. The molecule has 4 aromatic rings. The van der Waals surface area contributed by atoms with E-state index in [0.29, 0.717) is 44.2 Å². The molecule has 1 saturated heterocycles. The minimum atomic E-state index is -2.05. The van der Waals surface area contributed by atoms with Gasteiger partial charge in [0.05, 0.1) is 18.8 Å². The quantitative estimate of drug-likeness (QED) is 0.346. The van der Waals surface area contributed by atoms with Gasteiger partial charge in [-0.05, 0) is 5.56 Å². The van der Waals surface area contributed by atoms with Crippen LogP contribution in [0.1, 0.15) is 5.56 Å². The van der Waals surface area contributed by atoms with Gasteiger partial charge in [0.1, 0.15) is 15.4 Å². The van der Waals surface area contributed by atoms with Crippen molar-refractivity contribution in [3.8, 4) is 22.0 Å². The lowest BCUT2D eigenvalue weighted by Crippen LogP contribution is -2.37. The summed E-state index contributed by atoms with van der Waals surface area (Å²) in [6.45, 7) is 2.96. The van der Waals surface area contributed by atoms with Gasteiger partial charge in [0.15, 0.2) is 11.6 Å². The maximum absolute atomic E-state index is 10.8. The number of hydrogen-bond acceptors (Lipinski definition) is 10. The van der Waals surface area contributed by atoms with E-state index >= 15 is 0 Å².